The van der Waals surface area contributed by atoms with Crippen LogP contribution in [0.5, 0.6) is 0 Å². The van der Waals surface area contributed by atoms with Gasteiger partial charge >= 0.3 is 24.4 Å². The van der Waals surface area contributed by atoms with Crippen LogP contribution in [0.3, 0.4) is 0 Å². The molecule has 0 atom stereocenters. The summed E-state index contributed by atoms with van der Waals surface area (Å²) in [5.74, 6) is -3.25. The second kappa shape index (κ2) is 29.2. The first kappa shape index (κ1) is 36.8. The average Bonchev–Trinajstić information content (AvgIpc) is 1.54. The number of rotatable bonds is 0. The predicted octanol–water partition coefficient (Wildman–Crippen LogP) is -5.76. The fourth-order valence-electron chi connectivity index (χ4n) is 0. The quantitative estimate of drug-likeness (QED) is 0.397. The number of carboxylic acids is 3. The maximum atomic E-state index is 8.89. The Hall–Kier alpha value is -0.852. The van der Waals surface area contributed by atoms with E-state index >= 15 is 0 Å². The van der Waals surface area contributed by atoms with E-state index in [2.05, 4.69) is 0 Å². The molecule has 0 fully saturated rings. The molecular formula is C6H13O8Sb. The number of carbonyl (C=O) groups excluding carboxylic acids is 3. The Morgan fingerprint density at radius 3 is 0.667 bits per heavy atom. The third-order valence-electron chi connectivity index (χ3n) is 0. The molecule has 0 saturated heterocycles. The molecule has 0 amide bonds. The molecule has 90 valence electrons. The van der Waals surface area contributed by atoms with Crippen molar-refractivity contribution in [3.05, 3.63) is 0 Å². The second-order valence-electron chi connectivity index (χ2n) is 1.47. The first-order valence-corrected chi connectivity index (χ1v) is 2.72. The SMILES string of the molecule is CC(=O)[O-].CC(=O)[O-].CC(=O)[O-].O.O.[Sb+3]. The molecule has 0 aliphatic carbocycles. The maximum Gasteiger partial charge on any atom is 3.00 e. The minimum atomic E-state index is -1.08. The Kier molecular flexibility index (Phi) is 71.8. The molecule has 15 heavy (non-hydrogen) atoms. The fraction of sp³-hybridized carbons (Fsp3) is 0.500. The van der Waals surface area contributed by atoms with E-state index in [9.17, 15) is 0 Å². The van der Waals surface area contributed by atoms with E-state index in [1.165, 1.54) is 0 Å². The van der Waals surface area contributed by atoms with Crippen LogP contribution in [-0.2, 0) is 14.4 Å². The Balaban J connectivity index is -0.0000000184. The molecule has 0 heterocycles. The molecule has 0 aliphatic rings. The molecule has 0 unspecified atom stereocenters. The normalized spacial score (nSPS) is 5.00. The molecule has 0 aromatic rings. The average molecular weight is 335 g/mol. The van der Waals surface area contributed by atoms with Gasteiger partial charge in [0, 0.05) is 17.9 Å². The number of carbonyl (C=O) groups is 3. The summed E-state index contributed by atoms with van der Waals surface area (Å²) in [4.78, 5) is 26.7. The van der Waals surface area contributed by atoms with Crippen molar-refractivity contribution in [1.29, 1.82) is 0 Å². The molecule has 9 heteroatoms. The summed E-state index contributed by atoms with van der Waals surface area (Å²) in [6.07, 6.45) is 0. The van der Waals surface area contributed by atoms with Crippen LogP contribution < -0.4 is 15.3 Å². The smallest absolute Gasteiger partial charge is 0.550 e. The minimum Gasteiger partial charge on any atom is -0.550 e. The van der Waals surface area contributed by atoms with Crippen LogP contribution >= 0.6 is 0 Å². The summed E-state index contributed by atoms with van der Waals surface area (Å²) in [6.45, 7) is 2.92. The van der Waals surface area contributed by atoms with Gasteiger partial charge in [0.05, 0.1) is 0 Å². The number of hydrogen-bond donors (Lipinski definition) is 0. The van der Waals surface area contributed by atoms with Gasteiger partial charge in [-0.2, -0.15) is 0 Å². The summed E-state index contributed by atoms with van der Waals surface area (Å²) >= 11 is 0. The topological polar surface area (TPSA) is 183 Å². The Morgan fingerprint density at radius 2 is 0.667 bits per heavy atom. The molecule has 0 saturated carbocycles. The van der Waals surface area contributed by atoms with Crippen molar-refractivity contribution in [2.75, 3.05) is 0 Å². The van der Waals surface area contributed by atoms with Gasteiger partial charge in [0.1, 0.15) is 0 Å². The van der Waals surface area contributed by atoms with Crippen LogP contribution in [0, 0.1) is 0 Å². The van der Waals surface area contributed by atoms with Crippen molar-refractivity contribution < 1.29 is 40.7 Å². The van der Waals surface area contributed by atoms with Crippen molar-refractivity contribution >= 4 is 42.3 Å². The maximum absolute atomic E-state index is 8.89. The van der Waals surface area contributed by atoms with Crippen molar-refractivity contribution in [2.24, 2.45) is 0 Å². The van der Waals surface area contributed by atoms with Crippen molar-refractivity contribution in [1.82, 2.24) is 0 Å². The zero-order chi connectivity index (χ0) is 10.7. The van der Waals surface area contributed by atoms with Crippen LogP contribution in [0.25, 0.3) is 0 Å². The van der Waals surface area contributed by atoms with E-state index in [1.807, 2.05) is 0 Å². The second-order valence-corrected chi connectivity index (χ2v) is 1.47. The first-order valence-electron chi connectivity index (χ1n) is 2.72. The number of hydrogen-bond acceptors (Lipinski definition) is 6. The Bertz CT molecular complexity index is 117. The summed E-state index contributed by atoms with van der Waals surface area (Å²) in [6, 6.07) is 0. The van der Waals surface area contributed by atoms with Crippen molar-refractivity contribution in [3.63, 3.8) is 0 Å². The largest absolute Gasteiger partial charge is 3.00 e. The van der Waals surface area contributed by atoms with Crippen LogP contribution in [0.1, 0.15) is 20.8 Å². The first-order chi connectivity index (χ1) is 5.20. The summed E-state index contributed by atoms with van der Waals surface area (Å²) in [7, 11) is 0. The molecular weight excluding hydrogens is 322 g/mol. The third kappa shape index (κ3) is 2250. The molecule has 0 aromatic heterocycles. The molecule has 0 rings (SSSR count). The number of aliphatic carboxylic acids is 3. The van der Waals surface area contributed by atoms with Crippen LogP contribution in [-0.4, -0.2) is 53.3 Å². The van der Waals surface area contributed by atoms with Gasteiger partial charge < -0.3 is 40.7 Å². The van der Waals surface area contributed by atoms with E-state index in [1.54, 1.807) is 0 Å². The molecule has 4 N–H and O–H groups in total. The van der Waals surface area contributed by atoms with Gasteiger partial charge in [-0.15, -0.1) is 0 Å². The third-order valence-corrected chi connectivity index (χ3v) is 0. The van der Waals surface area contributed by atoms with E-state index in [-0.39, 0.29) is 35.4 Å². The summed E-state index contributed by atoms with van der Waals surface area (Å²) in [5, 5.41) is 26.7. The minimum absolute atomic E-state index is 0. The van der Waals surface area contributed by atoms with Gasteiger partial charge in [-0.25, -0.2) is 0 Å². The van der Waals surface area contributed by atoms with E-state index in [0.717, 1.165) is 20.8 Å². The van der Waals surface area contributed by atoms with Gasteiger partial charge in [0.25, 0.3) is 0 Å². The molecule has 0 spiro atoms. The predicted molar refractivity (Wildman–Crippen MR) is 45.0 cm³/mol. The van der Waals surface area contributed by atoms with E-state index in [0.29, 0.717) is 0 Å². The molecule has 0 bridgehead atoms. The monoisotopic (exact) mass is 334 g/mol. The molecule has 2 radical (unpaired) electrons. The van der Waals surface area contributed by atoms with E-state index in [4.69, 9.17) is 29.7 Å². The Morgan fingerprint density at radius 1 is 0.667 bits per heavy atom. The van der Waals surface area contributed by atoms with Crippen LogP contribution in [0.4, 0.5) is 0 Å². The number of carboxylic acid groups (broad SMARTS) is 3. The van der Waals surface area contributed by atoms with Crippen molar-refractivity contribution in [3.8, 4) is 0 Å². The van der Waals surface area contributed by atoms with Crippen molar-refractivity contribution in [2.45, 2.75) is 20.8 Å². The van der Waals surface area contributed by atoms with Gasteiger partial charge in [-0.1, -0.05) is 0 Å². The van der Waals surface area contributed by atoms with Crippen LogP contribution in [0.2, 0.25) is 0 Å². The zero-order valence-electron chi connectivity index (χ0n) is 8.40. The van der Waals surface area contributed by atoms with Gasteiger partial charge in [-0.3, -0.25) is 0 Å². The molecule has 8 nitrogen and oxygen atoms in total. The van der Waals surface area contributed by atoms with Gasteiger partial charge in [0.2, 0.25) is 0 Å². The Labute approximate surface area is 104 Å². The summed E-state index contributed by atoms with van der Waals surface area (Å²) < 4.78 is 0. The van der Waals surface area contributed by atoms with E-state index < -0.39 is 17.9 Å². The van der Waals surface area contributed by atoms with Crippen LogP contribution in [0.15, 0.2) is 0 Å². The standard InChI is InChI=1S/3C2H4O2.2H2O.Sb/c3*1-2(3)4;;;/h3*1H3,(H,3,4);2*1H2;/q;;;;;+3/p-3. The molecule has 0 aromatic carbocycles. The van der Waals surface area contributed by atoms with Gasteiger partial charge in [0.15, 0.2) is 0 Å². The van der Waals surface area contributed by atoms with Gasteiger partial charge in [-0.05, 0) is 20.8 Å². The molecule has 0 aliphatic heterocycles. The fourth-order valence-corrected chi connectivity index (χ4v) is 0. The summed E-state index contributed by atoms with van der Waals surface area (Å²) in [5.41, 5.74) is 0. The zero-order valence-corrected chi connectivity index (χ0v) is 10.9.